The Kier molecular flexibility index (Phi) is 8.64. The van der Waals surface area contributed by atoms with Gasteiger partial charge in [0.1, 0.15) is 6.61 Å². The van der Waals surface area contributed by atoms with E-state index >= 15 is 0 Å². The third kappa shape index (κ3) is 7.93. The van der Waals surface area contributed by atoms with Crippen molar-refractivity contribution in [3.63, 3.8) is 0 Å². The predicted molar refractivity (Wildman–Crippen MR) is 74.1 cm³/mol. The lowest BCUT2D eigenvalue weighted by molar-refractivity contribution is -0.137. The highest BCUT2D eigenvalue weighted by molar-refractivity contribution is 5.86. The lowest BCUT2D eigenvalue weighted by Crippen LogP contribution is -2.04. The molecule has 0 fully saturated rings. The Hall–Kier alpha value is -2.29. The molecule has 1 N–H and O–H groups in total. The van der Waals surface area contributed by atoms with E-state index < -0.39 is 5.97 Å². The fraction of sp³-hybridized carbons (Fsp3) is 0.133. The van der Waals surface area contributed by atoms with Gasteiger partial charge in [-0.25, -0.2) is 4.79 Å². The van der Waals surface area contributed by atoms with Crippen molar-refractivity contribution in [3.05, 3.63) is 67.0 Å². The predicted octanol–water partition coefficient (Wildman–Crippen LogP) is 3.51. The average molecular weight is 246 g/mol. The molecule has 0 atom stereocenters. The van der Waals surface area contributed by atoms with Crippen molar-refractivity contribution in [1.29, 1.82) is 0 Å². The third-order valence-corrected chi connectivity index (χ3v) is 1.80. The molecule has 0 saturated heterocycles. The van der Waals surface area contributed by atoms with Gasteiger partial charge in [0.2, 0.25) is 0 Å². The zero-order chi connectivity index (χ0) is 13.8. The van der Waals surface area contributed by atoms with E-state index in [1.54, 1.807) is 6.92 Å². The van der Waals surface area contributed by atoms with Gasteiger partial charge < -0.3 is 9.84 Å². The Labute approximate surface area is 108 Å². The molecule has 1 rings (SSSR count). The maximum atomic E-state index is 10.6. The number of carbonyl (C=O) groups is 1. The van der Waals surface area contributed by atoms with Gasteiger partial charge in [0.25, 0.3) is 0 Å². The summed E-state index contributed by atoms with van der Waals surface area (Å²) in [5, 5.41) is 8.12. The molecule has 1 aromatic rings. The monoisotopic (exact) mass is 246 g/mol. The van der Waals surface area contributed by atoms with Crippen LogP contribution in [0.1, 0.15) is 12.5 Å². The third-order valence-electron chi connectivity index (χ3n) is 1.80. The highest BCUT2D eigenvalue weighted by atomic mass is 16.5. The number of rotatable bonds is 4. The second-order valence-electron chi connectivity index (χ2n) is 3.38. The van der Waals surface area contributed by atoms with Crippen molar-refractivity contribution in [2.45, 2.75) is 6.92 Å². The van der Waals surface area contributed by atoms with E-state index in [0.717, 1.165) is 6.26 Å². The number of ether oxygens (including phenoxy) is 1. The summed E-state index contributed by atoms with van der Waals surface area (Å²) < 4.78 is 4.56. The average Bonchev–Trinajstić information content (AvgIpc) is 2.40. The summed E-state index contributed by atoms with van der Waals surface area (Å²) >= 11 is 0. The van der Waals surface area contributed by atoms with Crippen LogP contribution in [0.2, 0.25) is 0 Å². The first kappa shape index (κ1) is 15.7. The van der Waals surface area contributed by atoms with Crippen LogP contribution in [-0.4, -0.2) is 17.7 Å². The second kappa shape index (κ2) is 9.90. The Morgan fingerprint density at radius 3 is 2.39 bits per heavy atom. The van der Waals surface area contributed by atoms with Gasteiger partial charge in [-0.3, -0.25) is 0 Å². The van der Waals surface area contributed by atoms with E-state index in [1.165, 1.54) is 11.6 Å². The second-order valence-corrected chi connectivity index (χ2v) is 3.38. The first-order chi connectivity index (χ1) is 8.61. The van der Waals surface area contributed by atoms with E-state index in [4.69, 9.17) is 5.11 Å². The van der Waals surface area contributed by atoms with Crippen molar-refractivity contribution in [2.75, 3.05) is 6.61 Å². The van der Waals surface area contributed by atoms with E-state index in [2.05, 4.69) is 17.9 Å². The van der Waals surface area contributed by atoms with Gasteiger partial charge in [-0.05, 0) is 18.6 Å². The minimum atomic E-state index is -0.446. The van der Waals surface area contributed by atoms with Crippen molar-refractivity contribution in [2.24, 2.45) is 0 Å². The highest BCUT2D eigenvalue weighted by Gasteiger charge is 1.99. The van der Waals surface area contributed by atoms with Gasteiger partial charge >= 0.3 is 5.97 Å². The molecule has 0 spiro atoms. The molecule has 3 heteroatoms. The molecule has 0 aliphatic carbocycles. The molecular weight excluding hydrogens is 228 g/mol. The van der Waals surface area contributed by atoms with E-state index in [-0.39, 0.29) is 6.61 Å². The van der Waals surface area contributed by atoms with Gasteiger partial charge in [-0.2, -0.15) is 0 Å². The smallest absolute Gasteiger partial charge is 0.333 e. The SMILES string of the molecule is C=C(C)C(=O)OCC=CO.C=Cc1ccccc1. The summed E-state index contributed by atoms with van der Waals surface area (Å²) in [6, 6.07) is 10.0. The molecule has 0 aromatic heterocycles. The van der Waals surface area contributed by atoms with Crippen LogP contribution in [-0.2, 0) is 9.53 Å². The van der Waals surface area contributed by atoms with Crippen LogP contribution < -0.4 is 0 Å². The van der Waals surface area contributed by atoms with Crippen molar-refractivity contribution in [1.82, 2.24) is 0 Å². The van der Waals surface area contributed by atoms with Crippen LogP contribution in [0.15, 0.2) is 61.4 Å². The summed E-state index contributed by atoms with van der Waals surface area (Å²) in [5.41, 5.74) is 1.53. The van der Waals surface area contributed by atoms with Gasteiger partial charge in [0, 0.05) is 5.57 Å². The zero-order valence-corrected chi connectivity index (χ0v) is 10.5. The summed E-state index contributed by atoms with van der Waals surface area (Å²) in [6.07, 6.45) is 3.98. The maximum Gasteiger partial charge on any atom is 0.333 e. The van der Waals surface area contributed by atoms with Gasteiger partial charge in [-0.1, -0.05) is 49.6 Å². The van der Waals surface area contributed by atoms with Crippen LogP contribution in [0.3, 0.4) is 0 Å². The zero-order valence-electron chi connectivity index (χ0n) is 10.5. The number of aliphatic hydroxyl groups excluding tert-OH is 1. The lowest BCUT2D eigenvalue weighted by Gasteiger charge is -1.97. The van der Waals surface area contributed by atoms with E-state index in [9.17, 15) is 4.79 Å². The summed E-state index contributed by atoms with van der Waals surface area (Å²) in [6.45, 7) is 8.65. The van der Waals surface area contributed by atoms with Crippen LogP contribution in [0.4, 0.5) is 0 Å². The summed E-state index contributed by atoms with van der Waals surface area (Å²) in [5.74, 6) is -0.446. The first-order valence-electron chi connectivity index (χ1n) is 5.41. The van der Waals surface area contributed by atoms with Gasteiger partial charge in [-0.15, -0.1) is 0 Å². The quantitative estimate of drug-likeness (QED) is 0.502. The molecule has 18 heavy (non-hydrogen) atoms. The fourth-order valence-corrected chi connectivity index (χ4v) is 0.879. The van der Waals surface area contributed by atoms with Crippen LogP contribution in [0, 0.1) is 0 Å². The fourth-order valence-electron chi connectivity index (χ4n) is 0.879. The Balaban J connectivity index is 0.000000327. The Morgan fingerprint density at radius 2 is 2.00 bits per heavy atom. The van der Waals surface area contributed by atoms with Crippen LogP contribution >= 0.6 is 0 Å². The van der Waals surface area contributed by atoms with Crippen molar-refractivity contribution < 1.29 is 14.6 Å². The molecule has 0 aliphatic heterocycles. The van der Waals surface area contributed by atoms with E-state index in [0.29, 0.717) is 5.57 Å². The van der Waals surface area contributed by atoms with Gasteiger partial charge in [0.05, 0.1) is 6.26 Å². The Bertz CT molecular complexity index is 405. The van der Waals surface area contributed by atoms with Crippen molar-refractivity contribution >= 4 is 12.0 Å². The number of hydrogen-bond acceptors (Lipinski definition) is 3. The molecule has 96 valence electrons. The number of aliphatic hydroxyl groups is 1. The molecule has 1 aromatic carbocycles. The highest BCUT2D eigenvalue weighted by Crippen LogP contribution is 1.97. The normalized spacial score (nSPS) is 9.17. The number of carbonyl (C=O) groups excluding carboxylic acids is 1. The molecule has 0 unspecified atom stereocenters. The molecule has 0 heterocycles. The topological polar surface area (TPSA) is 46.5 Å². The standard InChI is InChI=1S/C8H8.C7H10O3/c1-2-8-6-4-3-5-7-8;1-6(2)7(9)10-5-3-4-8/h2-7H,1H2;3-4,8H,1,5H2,2H3. The number of hydrogen-bond donors (Lipinski definition) is 1. The molecule has 0 bridgehead atoms. The molecule has 0 aliphatic rings. The molecular formula is C15H18O3. The molecule has 0 radical (unpaired) electrons. The van der Waals surface area contributed by atoms with Crippen molar-refractivity contribution in [3.8, 4) is 0 Å². The van der Waals surface area contributed by atoms with Gasteiger partial charge in [0.15, 0.2) is 0 Å². The maximum absolute atomic E-state index is 10.6. The minimum Gasteiger partial charge on any atom is -0.516 e. The van der Waals surface area contributed by atoms with Crippen LogP contribution in [0.25, 0.3) is 6.08 Å². The largest absolute Gasteiger partial charge is 0.516 e. The Morgan fingerprint density at radius 1 is 1.39 bits per heavy atom. The molecule has 3 nitrogen and oxygen atoms in total. The van der Waals surface area contributed by atoms with Crippen LogP contribution in [0.5, 0.6) is 0 Å². The summed E-state index contributed by atoms with van der Waals surface area (Å²) in [4.78, 5) is 10.6. The lowest BCUT2D eigenvalue weighted by atomic mass is 10.2. The minimum absolute atomic E-state index is 0.0855. The molecule has 0 amide bonds. The summed E-state index contributed by atoms with van der Waals surface area (Å²) in [7, 11) is 0. The number of esters is 1. The number of benzene rings is 1. The van der Waals surface area contributed by atoms with E-state index in [1.807, 2.05) is 36.4 Å². The molecule has 0 saturated carbocycles. The first-order valence-corrected chi connectivity index (χ1v) is 5.41.